The maximum atomic E-state index is 8.49. The summed E-state index contributed by atoms with van der Waals surface area (Å²) in [5, 5.41) is 0. The minimum absolute atomic E-state index is 0.898. The molecule has 0 spiro atoms. The summed E-state index contributed by atoms with van der Waals surface area (Å²) >= 11 is 0. The molecule has 0 fully saturated rings. The molecule has 0 saturated heterocycles. The molecule has 6 nitrogen and oxygen atoms in total. The third-order valence-corrected chi connectivity index (χ3v) is 3.73. The lowest BCUT2D eigenvalue weighted by molar-refractivity contribution is -2.00. The first-order chi connectivity index (χ1) is 11.3. The Labute approximate surface area is 140 Å². The fourth-order valence-electron chi connectivity index (χ4n) is 2.81. The molecule has 0 unspecified atom stereocenters. The van der Waals surface area contributed by atoms with E-state index in [0.717, 1.165) is 29.3 Å². The van der Waals surface area contributed by atoms with Crippen LogP contribution in [0.25, 0.3) is 0 Å². The molecule has 24 heavy (non-hydrogen) atoms. The van der Waals surface area contributed by atoms with E-state index in [1.807, 2.05) is 24.3 Å². The van der Waals surface area contributed by atoms with E-state index in [1.165, 1.54) is 16.7 Å². The maximum absolute atomic E-state index is 8.49. The van der Waals surface area contributed by atoms with Gasteiger partial charge in [-0.1, -0.05) is 30.3 Å². The van der Waals surface area contributed by atoms with Crippen LogP contribution in [0.4, 0.5) is 5.69 Å². The normalized spacial score (nSPS) is 14.7. The topological polar surface area (TPSA) is 115 Å². The monoisotopic (exact) mass is 347 g/mol. The number of halogens is 1. The predicted octanol–water partition coefficient (Wildman–Crippen LogP) is -2.73. The molecule has 0 bridgehead atoms. The van der Waals surface area contributed by atoms with Crippen LogP contribution in [0.5, 0.6) is 5.75 Å². The largest absolute Gasteiger partial charge is 0.444 e. The fourth-order valence-corrected chi connectivity index (χ4v) is 2.81. The number of rotatable bonds is 0. The molecule has 0 radical (unpaired) electrons. The van der Waals surface area contributed by atoms with Gasteiger partial charge in [0, 0.05) is 6.07 Å². The Hall–Kier alpha value is -2.22. The molecular formula is C17H14ClNO5. The molecule has 0 saturated carbocycles. The highest BCUT2D eigenvalue weighted by atomic mass is 35.7. The van der Waals surface area contributed by atoms with E-state index in [9.17, 15) is 0 Å². The van der Waals surface area contributed by atoms with E-state index in [1.54, 1.807) is 0 Å². The number of benzene rings is 2. The lowest BCUT2D eigenvalue weighted by atomic mass is 9.90. The average molecular weight is 348 g/mol. The Balaban J connectivity index is 0.000000300. The molecule has 7 heteroatoms. The van der Waals surface area contributed by atoms with Crippen LogP contribution in [0.1, 0.15) is 16.7 Å². The molecule has 1 heterocycles. The van der Waals surface area contributed by atoms with Crippen LogP contribution in [-0.4, -0.2) is 5.71 Å². The minimum atomic E-state index is -4.94. The van der Waals surface area contributed by atoms with E-state index in [0.29, 0.717) is 0 Å². The number of nitrogens with one attached hydrogen (secondary N) is 1. The van der Waals surface area contributed by atoms with Crippen molar-refractivity contribution in [3.8, 4) is 5.75 Å². The number of hydrogen-bond acceptors (Lipinski definition) is 5. The van der Waals surface area contributed by atoms with Crippen molar-refractivity contribution in [3.63, 3.8) is 0 Å². The number of ether oxygens (including phenoxy) is 1. The molecule has 2 aromatic rings. The number of fused-ring (bicyclic) bond motifs is 4. The van der Waals surface area contributed by atoms with Gasteiger partial charge in [0.25, 0.3) is 5.71 Å². The molecule has 1 aliphatic heterocycles. The number of hydrogen-bond donors (Lipinski definition) is 1. The smallest absolute Gasteiger partial charge is 0.254 e. The Morgan fingerprint density at radius 1 is 1.00 bits per heavy atom. The Morgan fingerprint density at radius 2 is 1.71 bits per heavy atom. The van der Waals surface area contributed by atoms with Crippen molar-refractivity contribution in [2.24, 2.45) is 0 Å². The summed E-state index contributed by atoms with van der Waals surface area (Å²) < 4.78 is 40.0. The van der Waals surface area contributed by atoms with Crippen molar-refractivity contribution in [1.29, 1.82) is 0 Å². The maximum Gasteiger partial charge on any atom is 0.254 e. The first kappa shape index (κ1) is 16.6. The standard InChI is InChI=1S/C17H13NO.ClHO4/c1-11-5-4-6-12-9-10-15-17(16(11)12)18-13-7-2-3-8-14(13)19-15;2-1(3,4)5/h2-8,10H,9H2,1H3;(H,2,3,4,5). The van der Waals surface area contributed by atoms with Crippen molar-refractivity contribution in [1.82, 2.24) is 0 Å². The van der Waals surface area contributed by atoms with Crippen LogP contribution in [0, 0.1) is 17.2 Å². The molecule has 1 aliphatic carbocycles. The second-order valence-electron chi connectivity index (χ2n) is 5.36. The number of aryl methyl sites for hydroxylation is 1. The zero-order valence-corrected chi connectivity index (χ0v) is 13.5. The molecule has 124 valence electrons. The van der Waals surface area contributed by atoms with Crippen molar-refractivity contribution in [2.45, 2.75) is 13.3 Å². The van der Waals surface area contributed by atoms with Crippen LogP contribution < -0.4 is 28.4 Å². The Kier molecular flexibility index (Phi) is 4.40. The minimum Gasteiger partial charge on any atom is -0.444 e. The van der Waals surface area contributed by atoms with Gasteiger partial charge in [-0.05, 0) is 36.6 Å². The molecule has 0 amide bonds. The number of para-hydroxylation sites is 2. The zero-order chi connectivity index (χ0) is 17.3. The lowest BCUT2D eigenvalue weighted by Gasteiger charge is -2.20. The van der Waals surface area contributed by atoms with Gasteiger partial charge < -0.3 is 4.74 Å². The van der Waals surface area contributed by atoms with Crippen LogP contribution >= 0.6 is 0 Å². The third kappa shape index (κ3) is 3.64. The first-order valence-electron chi connectivity index (χ1n) is 7.15. The summed E-state index contributed by atoms with van der Waals surface area (Å²) in [6.07, 6.45) is 3.08. The molecule has 4 rings (SSSR count). The molecule has 2 aliphatic rings. The van der Waals surface area contributed by atoms with E-state index < -0.39 is 10.2 Å². The van der Waals surface area contributed by atoms with Gasteiger partial charge in [-0.2, -0.15) is 4.99 Å². The zero-order valence-electron chi connectivity index (χ0n) is 12.7. The van der Waals surface area contributed by atoms with Crippen LogP contribution in [0.2, 0.25) is 0 Å². The highest BCUT2D eigenvalue weighted by molar-refractivity contribution is 6.11. The van der Waals surface area contributed by atoms with E-state index in [-0.39, 0.29) is 0 Å². The quantitative estimate of drug-likeness (QED) is 0.555. The highest BCUT2D eigenvalue weighted by Gasteiger charge is 2.31. The van der Waals surface area contributed by atoms with Crippen LogP contribution in [0.15, 0.2) is 54.3 Å². The van der Waals surface area contributed by atoms with Crippen molar-refractivity contribution in [3.05, 3.63) is 71.0 Å². The van der Waals surface area contributed by atoms with Crippen molar-refractivity contribution in [2.75, 3.05) is 0 Å². The molecule has 0 atom stereocenters. The fraction of sp³-hybridized carbons (Fsp3) is 0.118. The van der Waals surface area contributed by atoms with Crippen LogP contribution in [0.3, 0.4) is 0 Å². The van der Waals surface area contributed by atoms with Crippen LogP contribution in [-0.2, 0) is 6.42 Å². The van der Waals surface area contributed by atoms with Gasteiger partial charge in [-0.3, -0.25) is 0 Å². The summed E-state index contributed by atoms with van der Waals surface area (Å²) in [4.78, 5) is 3.52. The second kappa shape index (κ2) is 6.35. The Bertz CT molecular complexity index is 833. The SMILES string of the molecule is Cc1cccc2c1C1=[NH+]c3ccccc3OC1=CC2.[O-][Cl+3]([O-])([O-])[O-]. The average Bonchev–Trinajstić information content (AvgIpc) is 2.51. The first-order valence-corrected chi connectivity index (χ1v) is 8.38. The van der Waals surface area contributed by atoms with E-state index in [4.69, 9.17) is 23.4 Å². The van der Waals surface area contributed by atoms with Gasteiger partial charge in [0.15, 0.2) is 11.5 Å². The van der Waals surface area contributed by atoms with Gasteiger partial charge in [-0.25, -0.2) is 18.6 Å². The van der Waals surface area contributed by atoms with Gasteiger partial charge >= 0.3 is 0 Å². The molecular weight excluding hydrogens is 334 g/mol. The number of allylic oxidation sites excluding steroid dienone is 2. The predicted molar refractivity (Wildman–Crippen MR) is 74.8 cm³/mol. The van der Waals surface area contributed by atoms with Gasteiger partial charge in [-0.15, -0.1) is 10.2 Å². The van der Waals surface area contributed by atoms with Crippen molar-refractivity contribution >= 4 is 11.4 Å². The van der Waals surface area contributed by atoms with Crippen molar-refractivity contribution < 1.29 is 38.6 Å². The second-order valence-corrected chi connectivity index (χ2v) is 6.11. The summed E-state index contributed by atoms with van der Waals surface area (Å²) in [5.74, 6) is 1.84. The summed E-state index contributed by atoms with van der Waals surface area (Å²) in [7, 11) is -4.94. The van der Waals surface area contributed by atoms with E-state index >= 15 is 0 Å². The van der Waals surface area contributed by atoms with E-state index in [2.05, 4.69) is 36.2 Å². The highest BCUT2D eigenvalue weighted by Crippen LogP contribution is 2.29. The lowest BCUT2D eigenvalue weighted by Crippen LogP contribution is -2.69. The van der Waals surface area contributed by atoms with Gasteiger partial charge in [0.05, 0.1) is 5.56 Å². The van der Waals surface area contributed by atoms with Gasteiger partial charge in [0.1, 0.15) is 0 Å². The summed E-state index contributed by atoms with van der Waals surface area (Å²) in [6.45, 7) is 2.15. The van der Waals surface area contributed by atoms with Gasteiger partial charge in [0.2, 0.25) is 5.69 Å². The third-order valence-electron chi connectivity index (χ3n) is 3.73. The summed E-state index contributed by atoms with van der Waals surface area (Å²) in [5.41, 5.74) is 6.06. The molecule has 0 aromatic heterocycles. The molecule has 1 N–H and O–H groups in total. The molecule has 2 aromatic carbocycles. The summed E-state index contributed by atoms with van der Waals surface area (Å²) in [6, 6.07) is 14.5. The Morgan fingerprint density at radius 3 is 2.46 bits per heavy atom.